The first-order valence-electron chi connectivity index (χ1n) is 4.61. The summed E-state index contributed by atoms with van der Waals surface area (Å²) in [6.07, 6.45) is 0.509. The second kappa shape index (κ2) is 4.64. The van der Waals surface area contributed by atoms with Gasteiger partial charge in [-0.25, -0.2) is 0 Å². The molecule has 1 aromatic heterocycles. The van der Waals surface area contributed by atoms with Gasteiger partial charge in [0.05, 0.1) is 12.2 Å². The van der Waals surface area contributed by atoms with Crippen LogP contribution in [0.15, 0.2) is 10.9 Å². The fourth-order valence-electron chi connectivity index (χ4n) is 1.10. The summed E-state index contributed by atoms with van der Waals surface area (Å²) < 4.78 is 0. The topological polar surface area (TPSA) is 77.8 Å². The van der Waals surface area contributed by atoms with Gasteiger partial charge in [-0.05, 0) is 5.92 Å². The van der Waals surface area contributed by atoms with E-state index in [0.29, 0.717) is 24.6 Å². The lowest BCUT2D eigenvalue weighted by atomic mass is 10.1. The molecule has 0 aliphatic carbocycles. The van der Waals surface area contributed by atoms with Gasteiger partial charge in [-0.2, -0.15) is 0 Å². The van der Waals surface area contributed by atoms with Gasteiger partial charge in [0, 0.05) is 12.5 Å². The quantitative estimate of drug-likeness (QED) is 0.652. The molecule has 0 fully saturated rings. The van der Waals surface area contributed by atoms with Gasteiger partial charge in [0.15, 0.2) is 0 Å². The SMILES string of the molecule is CC(C)CC(=O)NCc1cc(=O)[nH][nH]1. The maximum Gasteiger partial charge on any atom is 0.264 e. The second-order valence-corrected chi connectivity index (χ2v) is 3.66. The molecule has 1 rings (SSSR count). The van der Waals surface area contributed by atoms with Crippen molar-refractivity contribution in [2.75, 3.05) is 0 Å². The fourth-order valence-corrected chi connectivity index (χ4v) is 1.10. The Balaban J connectivity index is 2.34. The zero-order valence-electron chi connectivity index (χ0n) is 8.39. The number of nitrogens with one attached hydrogen (secondary N) is 3. The van der Waals surface area contributed by atoms with Crippen LogP contribution in [-0.4, -0.2) is 16.1 Å². The highest BCUT2D eigenvalue weighted by Gasteiger charge is 2.04. The van der Waals surface area contributed by atoms with Crippen LogP contribution in [-0.2, 0) is 11.3 Å². The number of rotatable bonds is 4. The number of hydrogen-bond acceptors (Lipinski definition) is 2. The van der Waals surface area contributed by atoms with E-state index >= 15 is 0 Å². The van der Waals surface area contributed by atoms with Gasteiger partial charge in [-0.15, -0.1) is 0 Å². The Labute approximate surface area is 81.9 Å². The van der Waals surface area contributed by atoms with Crippen molar-refractivity contribution in [3.05, 3.63) is 22.1 Å². The molecule has 0 atom stereocenters. The summed E-state index contributed by atoms with van der Waals surface area (Å²) in [5.41, 5.74) is 0.505. The second-order valence-electron chi connectivity index (χ2n) is 3.66. The Morgan fingerprint density at radius 2 is 2.21 bits per heavy atom. The average molecular weight is 197 g/mol. The third-order valence-corrected chi connectivity index (χ3v) is 1.72. The van der Waals surface area contributed by atoms with Crippen molar-refractivity contribution in [2.45, 2.75) is 26.8 Å². The number of carbonyl (C=O) groups is 1. The summed E-state index contributed by atoms with van der Waals surface area (Å²) in [5, 5.41) is 7.78. The van der Waals surface area contributed by atoms with E-state index in [1.54, 1.807) is 0 Å². The lowest BCUT2D eigenvalue weighted by Gasteiger charge is -2.05. The van der Waals surface area contributed by atoms with E-state index in [0.717, 1.165) is 0 Å². The summed E-state index contributed by atoms with van der Waals surface area (Å²) >= 11 is 0. The normalized spacial score (nSPS) is 10.5. The highest BCUT2D eigenvalue weighted by molar-refractivity contribution is 5.75. The number of aromatic nitrogens is 2. The van der Waals surface area contributed by atoms with Crippen LogP contribution >= 0.6 is 0 Å². The van der Waals surface area contributed by atoms with Crippen molar-refractivity contribution < 1.29 is 4.79 Å². The van der Waals surface area contributed by atoms with Crippen LogP contribution < -0.4 is 10.9 Å². The average Bonchev–Trinajstić information content (AvgIpc) is 2.47. The summed E-state index contributed by atoms with van der Waals surface area (Å²) in [5.74, 6) is 0.349. The van der Waals surface area contributed by atoms with E-state index < -0.39 is 0 Å². The number of hydrogen-bond donors (Lipinski definition) is 3. The summed E-state index contributed by atoms with van der Waals surface area (Å²) in [7, 11) is 0. The Bertz CT molecular complexity index is 351. The molecule has 3 N–H and O–H groups in total. The Morgan fingerprint density at radius 3 is 2.71 bits per heavy atom. The van der Waals surface area contributed by atoms with E-state index in [1.807, 2.05) is 13.8 Å². The molecule has 5 nitrogen and oxygen atoms in total. The molecule has 0 saturated heterocycles. The minimum atomic E-state index is -0.182. The first-order valence-corrected chi connectivity index (χ1v) is 4.61. The smallest absolute Gasteiger partial charge is 0.264 e. The van der Waals surface area contributed by atoms with Crippen molar-refractivity contribution in [2.24, 2.45) is 5.92 Å². The van der Waals surface area contributed by atoms with Gasteiger partial charge in [-0.1, -0.05) is 13.8 Å². The van der Waals surface area contributed by atoms with Crippen LogP contribution in [0.3, 0.4) is 0 Å². The molecular weight excluding hydrogens is 182 g/mol. The number of amides is 1. The minimum Gasteiger partial charge on any atom is -0.350 e. The predicted octanol–water partition coefficient (Wildman–Crippen LogP) is 0.365. The molecular formula is C9H15N3O2. The zero-order valence-corrected chi connectivity index (χ0v) is 8.39. The van der Waals surface area contributed by atoms with Crippen LogP contribution in [0, 0.1) is 5.92 Å². The summed E-state index contributed by atoms with van der Waals surface area (Å²) in [6.45, 7) is 4.33. The van der Waals surface area contributed by atoms with Crippen molar-refractivity contribution in [3.8, 4) is 0 Å². The molecule has 0 aliphatic rings. The lowest BCUT2D eigenvalue weighted by Crippen LogP contribution is -2.24. The summed E-state index contributed by atoms with van der Waals surface area (Å²) in [4.78, 5) is 21.9. The monoisotopic (exact) mass is 197 g/mol. The zero-order chi connectivity index (χ0) is 10.6. The highest BCUT2D eigenvalue weighted by Crippen LogP contribution is 1.98. The fraction of sp³-hybridized carbons (Fsp3) is 0.556. The molecule has 5 heteroatoms. The van der Waals surface area contributed by atoms with Gasteiger partial charge >= 0.3 is 0 Å². The van der Waals surface area contributed by atoms with Crippen LogP contribution in [0.25, 0.3) is 0 Å². The molecule has 0 saturated carbocycles. The van der Waals surface area contributed by atoms with Crippen LogP contribution in [0.2, 0.25) is 0 Å². The maximum absolute atomic E-state index is 11.2. The van der Waals surface area contributed by atoms with Gasteiger partial charge in [0.1, 0.15) is 0 Å². The molecule has 1 amide bonds. The number of aromatic amines is 2. The van der Waals surface area contributed by atoms with E-state index in [2.05, 4.69) is 15.5 Å². The van der Waals surface area contributed by atoms with E-state index in [4.69, 9.17) is 0 Å². The van der Waals surface area contributed by atoms with E-state index in [1.165, 1.54) is 6.07 Å². The lowest BCUT2D eigenvalue weighted by molar-refractivity contribution is -0.121. The minimum absolute atomic E-state index is 0.00190. The van der Waals surface area contributed by atoms with Crippen LogP contribution in [0.5, 0.6) is 0 Å². The Morgan fingerprint density at radius 1 is 1.50 bits per heavy atom. The molecule has 14 heavy (non-hydrogen) atoms. The molecule has 0 bridgehead atoms. The van der Waals surface area contributed by atoms with Gasteiger partial charge in [-0.3, -0.25) is 14.7 Å². The first-order chi connectivity index (χ1) is 6.58. The highest BCUT2D eigenvalue weighted by atomic mass is 16.1. The molecule has 0 unspecified atom stereocenters. The van der Waals surface area contributed by atoms with E-state index in [-0.39, 0.29) is 11.5 Å². The number of carbonyl (C=O) groups excluding carboxylic acids is 1. The van der Waals surface area contributed by atoms with Gasteiger partial charge in [0.2, 0.25) is 5.91 Å². The van der Waals surface area contributed by atoms with Crippen molar-refractivity contribution in [3.63, 3.8) is 0 Å². The van der Waals surface area contributed by atoms with Crippen molar-refractivity contribution in [1.29, 1.82) is 0 Å². The van der Waals surface area contributed by atoms with Crippen LogP contribution in [0.1, 0.15) is 26.0 Å². The molecule has 1 heterocycles. The standard InChI is InChI=1S/C9H15N3O2/c1-6(2)3-8(13)10-5-7-4-9(14)12-11-7/h4,6H,3,5H2,1-2H3,(H,10,13)(H2,11,12,14). The van der Waals surface area contributed by atoms with Crippen molar-refractivity contribution >= 4 is 5.91 Å². The molecule has 1 aromatic rings. The third-order valence-electron chi connectivity index (χ3n) is 1.72. The molecule has 0 aliphatic heterocycles. The maximum atomic E-state index is 11.2. The van der Waals surface area contributed by atoms with Gasteiger partial charge in [0.25, 0.3) is 5.56 Å². The number of H-pyrrole nitrogens is 2. The third kappa shape index (κ3) is 3.47. The Hall–Kier alpha value is -1.52. The van der Waals surface area contributed by atoms with E-state index in [9.17, 15) is 9.59 Å². The predicted molar refractivity (Wildman–Crippen MR) is 52.7 cm³/mol. The molecule has 78 valence electrons. The molecule has 0 aromatic carbocycles. The van der Waals surface area contributed by atoms with Crippen LogP contribution in [0.4, 0.5) is 0 Å². The first kappa shape index (κ1) is 10.6. The summed E-state index contributed by atoms with van der Waals surface area (Å²) in [6, 6.07) is 1.43. The molecule has 0 radical (unpaired) electrons. The Kier molecular flexibility index (Phi) is 3.50. The largest absolute Gasteiger partial charge is 0.350 e. The van der Waals surface area contributed by atoms with Gasteiger partial charge < -0.3 is 10.4 Å². The molecule has 0 spiro atoms. The van der Waals surface area contributed by atoms with Crippen molar-refractivity contribution in [1.82, 2.24) is 15.5 Å².